The summed E-state index contributed by atoms with van der Waals surface area (Å²) in [5.41, 5.74) is 0. The van der Waals surface area contributed by atoms with Crippen molar-refractivity contribution >= 4 is 17.8 Å². The van der Waals surface area contributed by atoms with Gasteiger partial charge in [-0.15, -0.1) is 0 Å². The molecule has 3 N–H and O–H groups in total. The minimum atomic E-state index is -0.940. The van der Waals surface area contributed by atoms with Crippen LogP contribution in [0.2, 0.25) is 0 Å². The van der Waals surface area contributed by atoms with Crippen LogP contribution in [0.25, 0.3) is 0 Å². The van der Waals surface area contributed by atoms with E-state index in [9.17, 15) is 14.4 Å². The molecule has 0 bridgehead atoms. The van der Waals surface area contributed by atoms with Crippen LogP contribution in [0.3, 0.4) is 0 Å². The second-order valence-electron chi connectivity index (χ2n) is 3.59. The number of carbonyl (C=O) groups excluding carboxylic acids is 1. The lowest BCUT2D eigenvalue weighted by atomic mass is 10.2. The second kappa shape index (κ2) is 8.51. The van der Waals surface area contributed by atoms with E-state index in [1.165, 1.54) is 7.05 Å². The Morgan fingerprint density at radius 3 is 2.12 bits per heavy atom. The summed E-state index contributed by atoms with van der Waals surface area (Å²) in [5, 5.41) is 19.5. The fourth-order valence-corrected chi connectivity index (χ4v) is 1.26. The molecule has 0 aliphatic heterocycles. The van der Waals surface area contributed by atoms with Crippen LogP contribution < -0.4 is 5.32 Å². The van der Waals surface area contributed by atoms with Crippen LogP contribution in [0, 0.1) is 0 Å². The molecule has 0 aliphatic rings. The number of nitrogens with one attached hydrogen (secondary N) is 1. The minimum absolute atomic E-state index is 0.0112. The van der Waals surface area contributed by atoms with Gasteiger partial charge in [0.05, 0.1) is 13.0 Å². The highest BCUT2D eigenvalue weighted by molar-refractivity contribution is 5.77. The molecule has 0 spiro atoms. The molecule has 0 saturated carbocycles. The van der Waals surface area contributed by atoms with Crippen molar-refractivity contribution in [3.8, 4) is 0 Å². The predicted molar refractivity (Wildman–Crippen MR) is 59.6 cm³/mol. The van der Waals surface area contributed by atoms with Crippen molar-refractivity contribution in [2.45, 2.75) is 19.3 Å². The molecule has 0 fully saturated rings. The molecular formula is C10H18N2O5. The van der Waals surface area contributed by atoms with Crippen LogP contribution in [0.5, 0.6) is 0 Å². The number of amides is 1. The molecular weight excluding hydrogens is 228 g/mol. The second-order valence-corrected chi connectivity index (χ2v) is 3.59. The van der Waals surface area contributed by atoms with Crippen LogP contribution in [0.15, 0.2) is 0 Å². The number of carbonyl (C=O) groups is 3. The fraction of sp³-hybridized carbons (Fsp3) is 0.700. The Labute approximate surface area is 99.4 Å². The van der Waals surface area contributed by atoms with E-state index in [2.05, 4.69) is 5.32 Å². The Morgan fingerprint density at radius 2 is 1.65 bits per heavy atom. The summed E-state index contributed by atoms with van der Waals surface area (Å²) in [4.78, 5) is 33.5. The first-order chi connectivity index (χ1) is 7.95. The van der Waals surface area contributed by atoms with Gasteiger partial charge in [-0.05, 0) is 13.0 Å². The number of aliphatic carboxylic acids is 2. The van der Waals surface area contributed by atoms with Crippen LogP contribution in [0.4, 0.5) is 0 Å². The summed E-state index contributed by atoms with van der Waals surface area (Å²) in [6.07, 6.45) is 0.341. The smallest absolute Gasteiger partial charge is 0.304 e. The van der Waals surface area contributed by atoms with Crippen molar-refractivity contribution in [2.24, 2.45) is 0 Å². The standard InChI is InChI=1S/C10H18N2O5/c1-11-8(13)7-12(6-4-10(16)17)5-2-3-9(14)15/h2-7H2,1H3,(H,11,13)(H,14,15)(H,16,17). The SMILES string of the molecule is CNC(=O)CN(CCCC(=O)O)CCC(=O)O. The molecule has 0 rings (SSSR count). The first-order valence-corrected chi connectivity index (χ1v) is 5.32. The van der Waals surface area contributed by atoms with Crippen molar-refractivity contribution < 1.29 is 24.6 Å². The molecule has 1 amide bonds. The molecule has 0 aromatic carbocycles. The first-order valence-electron chi connectivity index (χ1n) is 5.32. The first kappa shape index (κ1) is 15.4. The zero-order chi connectivity index (χ0) is 13.3. The minimum Gasteiger partial charge on any atom is -0.481 e. The highest BCUT2D eigenvalue weighted by Gasteiger charge is 2.11. The number of rotatable bonds is 9. The summed E-state index contributed by atoms with van der Waals surface area (Å²) in [7, 11) is 1.49. The summed E-state index contributed by atoms with van der Waals surface area (Å²) in [6, 6.07) is 0. The van der Waals surface area contributed by atoms with Gasteiger partial charge in [0.1, 0.15) is 0 Å². The van der Waals surface area contributed by atoms with Gasteiger partial charge >= 0.3 is 11.9 Å². The third-order valence-electron chi connectivity index (χ3n) is 2.15. The van der Waals surface area contributed by atoms with E-state index in [0.717, 1.165) is 0 Å². The lowest BCUT2D eigenvalue weighted by Gasteiger charge is -2.19. The molecule has 7 heteroatoms. The van der Waals surface area contributed by atoms with Gasteiger partial charge in [-0.3, -0.25) is 19.3 Å². The molecule has 0 aromatic heterocycles. The Kier molecular flexibility index (Phi) is 7.70. The largest absolute Gasteiger partial charge is 0.481 e. The molecule has 0 radical (unpaired) electrons. The average Bonchev–Trinajstić information content (AvgIpc) is 2.24. The number of likely N-dealkylation sites (N-methyl/N-ethyl adjacent to an activating group) is 1. The quantitative estimate of drug-likeness (QED) is 0.500. The molecule has 0 heterocycles. The van der Waals surface area contributed by atoms with E-state index in [1.807, 2.05) is 0 Å². The summed E-state index contributed by atoms with van der Waals surface area (Å²) < 4.78 is 0. The zero-order valence-electron chi connectivity index (χ0n) is 9.81. The molecule has 0 aliphatic carbocycles. The molecule has 98 valence electrons. The average molecular weight is 246 g/mol. The maximum absolute atomic E-state index is 11.1. The summed E-state index contributed by atoms with van der Waals surface area (Å²) in [5.74, 6) is -2.06. The molecule has 0 atom stereocenters. The lowest BCUT2D eigenvalue weighted by Crippen LogP contribution is -2.37. The third kappa shape index (κ3) is 9.31. The van der Waals surface area contributed by atoms with Gasteiger partial charge < -0.3 is 15.5 Å². The van der Waals surface area contributed by atoms with Gasteiger partial charge in [0.15, 0.2) is 0 Å². The number of carboxylic acid groups (broad SMARTS) is 2. The molecule has 17 heavy (non-hydrogen) atoms. The van der Waals surface area contributed by atoms with Gasteiger partial charge in [-0.1, -0.05) is 0 Å². The number of nitrogens with zero attached hydrogens (tertiary/aromatic N) is 1. The van der Waals surface area contributed by atoms with Crippen LogP contribution in [0.1, 0.15) is 19.3 Å². The van der Waals surface area contributed by atoms with Gasteiger partial charge in [-0.2, -0.15) is 0 Å². The predicted octanol–water partition coefficient (Wildman–Crippen LogP) is -0.626. The monoisotopic (exact) mass is 246 g/mol. The summed E-state index contributed by atoms with van der Waals surface area (Å²) >= 11 is 0. The summed E-state index contributed by atoms with van der Waals surface area (Å²) in [6.45, 7) is 0.721. The van der Waals surface area contributed by atoms with E-state index >= 15 is 0 Å². The van der Waals surface area contributed by atoms with Crippen molar-refractivity contribution in [1.82, 2.24) is 10.2 Å². The van der Waals surface area contributed by atoms with Crippen LogP contribution in [-0.2, 0) is 14.4 Å². The van der Waals surface area contributed by atoms with Gasteiger partial charge in [-0.25, -0.2) is 0 Å². The van der Waals surface area contributed by atoms with E-state index < -0.39 is 11.9 Å². The van der Waals surface area contributed by atoms with Crippen molar-refractivity contribution in [2.75, 3.05) is 26.7 Å². The van der Waals surface area contributed by atoms with Gasteiger partial charge in [0, 0.05) is 20.0 Å². The maximum Gasteiger partial charge on any atom is 0.304 e. The van der Waals surface area contributed by atoms with E-state index in [4.69, 9.17) is 10.2 Å². The number of hydrogen-bond donors (Lipinski definition) is 3. The maximum atomic E-state index is 11.1. The molecule has 0 saturated heterocycles. The van der Waals surface area contributed by atoms with E-state index in [1.54, 1.807) is 4.90 Å². The van der Waals surface area contributed by atoms with Crippen molar-refractivity contribution in [1.29, 1.82) is 0 Å². The van der Waals surface area contributed by atoms with E-state index in [-0.39, 0.29) is 31.8 Å². The third-order valence-corrected chi connectivity index (χ3v) is 2.15. The topological polar surface area (TPSA) is 107 Å². The number of hydrogen-bond acceptors (Lipinski definition) is 4. The Bertz CT molecular complexity index is 280. The highest BCUT2D eigenvalue weighted by Crippen LogP contribution is 1.97. The Morgan fingerprint density at radius 1 is 1.06 bits per heavy atom. The zero-order valence-corrected chi connectivity index (χ0v) is 9.81. The van der Waals surface area contributed by atoms with Gasteiger partial charge in [0.2, 0.25) is 5.91 Å². The normalized spacial score (nSPS) is 10.2. The highest BCUT2D eigenvalue weighted by atomic mass is 16.4. The van der Waals surface area contributed by atoms with Crippen molar-refractivity contribution in [3.05, 3.63) is 0 Å². The van der Waals surface area contributed by atoms with E-state index in [0.29, 0.717) is 13.0 Å². The lowest BCUT2D eigenvalue weighted by molar-refractivity contribution is -0.139. The van der Waals surface area contributed by atoms with Gasteiger partial charge in [0.25, 0.3) is 0 Å². The number of carboxylic acids is 2. The molecule has 0 unspecified atom stereocenters. The molecule has 0 aromatic rings. The van der Waals surface area contributed by atoms with Crippen molar-refractivity contribution in [3.63, 3.8) is 0 Å². The fourth-order valence-electron chi connectivity index (χ4n) is 1.26. The molecule has 7 nitrogen and oxygen atoms in total. The Hall–Kier alpha value is -1.63. The Balaban J connectivity index is 4.04. The van der Waals surface area contributed by atoms with Crippen LogP contribution >= 0.6 is 0 Å². The van der Waals surface area contributed by atoms with Crippen LogP contribution in [-0.4, -0.2) is 59.6 Å².